The first-order valence-electron chi connectivity index (χ1n) is 27.6. The molecule has 0 aliphatic carbocycles. The lowest BCUT2D eigenvalue weighted by atomic mass is 10.0. The Balaban J connectivity index is 4.46. The Morgan fingerprint density at radius 2 is 0.591 bits per heavy atom. The number of esters is 3. The second-order valence-electron chi connectivity index (χ2n) is 18.1. The van der Waals surface area contributed by atoms with Gasteiger partial charge in [0.1, 0.15) is 13.2 Å². The first-order valence-corrected chi connectivity index (χ1v) is 27.6. The normalized spacial score (nSPS) is 12.7. The van der Waals surface area contributed by atoms with Crippen molar-refractivity contribution in [3.05, 3.63) is 85.1 Å². The van der Waals surface area contributed by atoms with E-state index in [2.05, 4.69) is 106 Å². The zero-order chi connectivity index (χ0) is 47.9. The number of ether oxygens (including phenoxy) is 3. The molecule has 0 spiro atoms. The fourth-order valence-electron chi connectivity index (χ4n) is 7.50. The smallest absolute Gasteiger partial charge is 0.306 e. The molecule has 0 aromatic carbocycles. The zero-order valence-electron chi connectivity index (χ0n) is 43.2. The van der Waals surface area contributed by atoms with Gasteiger partial charge in [-0.2, -0.15) is 0 Å². The molecule has 0 N–H and O–H groups in total. The summed E-state index contributed by atoms with van der Waals surface area (Å²) in [6, 6.07) is 0. The molecule has 0 aromatic rings. The van der Waals surface area contributed by atoms with Gasteiger partial charge in [-0.3, -0.25) is 14.4 Å². The maximum Gasteiger partial charge on any atom is 0.306 e. The summed E-state index contributed by atoms with van der Waals surface area (Å²) in [5.41, 5.74) is 0. The van der Waals surface area contributed by atoms with Gasteiger partial charge in [0.05, 0.1) is 0 Å². The number of rotatable bonds is 49. The van der Waals surface area contributed by atoms with Crippen LogP contribution in [0.15, 0.2) is 85.1 Å². The topological polar surface area (TPSA) is 78.9 Å². The highest BCUT2D eigenvalue weighted by Crippen LogP contribution is 2.15. The van der Waals surface area contributed by atoms with Gasteiger partial charge in [0.2, 0.25) is 0 Å². The van der Waals surface area contributed by atoms with Gasteiger partial charge in [0.15, 0.2) is 6.10 Å². The average Bonchev–Trinajstić information content (AvgIpc) is 3.31. The van der Waals surface area contributed by atoms with Crippen LogP contribution in [0, 0.1) is 0 Å². The van der Waals surface area contributed by atoms with Crippen molar-refractivity contribution >= 4 is 17.9 Å². The summed E-state index contributed by atoms with van der Waals surface area (Å²) in [6.07, 6.45) is 69.9. The second kappa shape index (κ2) is 54.2. The molecule has 0 saturated heterocycles. The van der Waals surface area contributed by atoms with Crippen LogP contribution < -0.4 is 0 Å². The lowest BCUT2D eigenvalue weighted by molar-refractivity contribution is -0.167. The van der Waals surface area contributed by atoms with Gasteiger partial charge in [-0.15, -0.1) is 0 Å². The summed E-state index contributed by atoms with van der Waals surface area (Å²) in [5, 5.41) is 0. The van der Waals surface area contributed by atoms with E-state index in [4.69, 9.17) is 14.2 Å². The molecular formula is C60H102O6. The molecule has 0 amide bonds. The maximum atomic E-state index is 12.8. The van der Waals surface area contributed by atoms with Gasteiger partial charge in [-0.05, 0) is 96.3 Å². The number of carbonyl (C=O) groups is 3. The molecule has 0 aliphatic heterocycles. The first kappa shape index (κ1) is 62.6. The van der Waals surface area contributed by atoms with E-state index < -0.39 is 6.10 Å². The highest BCUT2D eigenvalue weighted by atomic mass is 16.6. The number of unbranched alkanes of at least 4 members (excludes halogenated alkanes) is 24. The van der Waals surface area contributed by atoms with Crippen molar-refractivity contribution in [1.82, 2.24) is 0 Å². The zero-order valence-corrected chi connectivity index (χ0v) is 43.2. The van der Waals surface area contributed by atoms with Gasteiger partial charge in [-0.1, -0.05) is 228 Å². The molecule has 0 heterocycles. The Kier molecular flexibility index (Phi) is 51.4. The van der Waals surface area contributed by atoms with Crippen molar-refractivity contribution in [3.63, 3.8) is 0 Å². The van der Waals surface area contributed by atoms with E-state index in [9.17, 15) is 14.4 Å². The van der Waals surface area contributed by atoms with E-state index in [-0.39, 0.29) is 31.1 Å². The number of hydrogen-bond donors (Lipinski definition) is 0. The van der Waals surface area contributed by atoms with Crippen LogP contribution in [0.25, 0.3) is 0 Å². The fraction of sp³-hybridized carbons (Fsp3) is 0.717. The second-order valence-corrected chi connectivity index (χ2v) is 18.1. The summed E-state index contributed by atoms with van der Waals surface area (Å²) in [4.78, 5) is 38.1. The molecule has 6 nitrogen and oxygen atoms in total. The molecular weight excluding hydrogens is 817 g/mol. The van der Waals surface area contributed by atoms with Gasteiger partial charge >= 0.3 is 17.9 Å². The van der Waals surface area contributed by atoms with Crippen molar-refractivity contribution < 1.29 is 28.6 Å². The van der Waals surface area contributed by atoms with Gasteiger partial charge in [-0.25, -0.2) is 0 Å². The summed E-state index contributed by atoms with van der Waals surface area (Å²) >= 11 is 0. The van der Waals surface area contributed by atoms with Crippen LogP contribution in [-0.2, 0) is 28.6 Å². The van der Waals surface area contributed by atoms with Crippen molar-refractivity contribution in [2.24, 2.45) is 0 Å². The molecule has 378 valence electrons. The van der Waals surface area contributed by atoms with Crippen LogP contribution in [0.2, 0.25) is 0 Å². The van der Waals surface area contributed by atoms with Crippen molar-refractivity contribution in [2.75, 3.05) is 13.2 Å². The van der Waals surface area contributed by atoms with Gasteiger partial charge < -0.3 is 14.2 Å². The van der Waals surface area contributed by atoms with Crippen LogP contribution in [0.5, 0.6) is 0 Å². The predicted octanol–water partition coefficient (Wildman–Crippen LogP) is 18.4. The number of allylic oxidation sites excluding steroid dienone is 14. The van der Waals surface area contributed by atoms with E-state index in [0.29, 0.717) is 19.3 Å². The van der Waals surface area contributed by atoms with E-state index in [1.54, 1.807) is 0 Å². The lowest BCUT2D eigenvalue weighted by Crippen LogP contribution is -2.30. The molecule has 0 bridgehead atoms. The quantitative estimate of drug-likeness (QED) is 0.0262. The predicted molar refractivity (Wildman–Crippen MR) is 284 cm³/mol. The Labute approximate surface area is 407 Å². The molecule has 1 atom stereocenters. The molecule has 0 unspecified atom stereocenters. The minimum absolute atomic E-state index is 0.0914. The van der Waals surface area contributed by atoms with Crippen LogP contribution in [0.3, 0.4) is 0 Å². The van der Waals surface area contributed by atoms with Gasteiger partial charge in [0.25, 0.3) is 0 Å². The Bertz CT molecular complexity index is 1290. The third-order valence-electron chi connectivity index (χ3n) is 11.6. The monoisotopic (exact) mass is 919 g/mol. The number of hydrogen-bond acceptors (Lipinski definition) is 6. The third-order valence-corrected chi connectivity index (χ3v) is 11.6. The van der Waals surface area contributed by atoms with E-state index in [1.807, 2.05) is 0 Å². The molecule has 6 heteroatoms. The first-order chi connectivity index (χ1) is 32.5. The number of carbonyl (C=O) groups excluding carboxylic acids is 3. The Morgan fingerprint density at radius 1 is 0.318 bits per heavy atom. The molecule has 0 radical (unpaired) electrons. The van der Waals surface area contributed by atoms with E-state index in [0.717, 1.165) is 122 Å². The molecule has 0 aliphatic rings. The SMILES string of the molecule is CC/C=C\C/C=C\C/C=C\C/C=C\C/C=C\CCCCCC(=O)OC[C@@H](COC(=O)CCCCCCCCCCCCCCCC)OC(=O)CCCCCCC/C=C\C/C=C\CCCCC. The third kappa shape index (κ3) is 51.6. The molecule has 0 fully saturated rings. The standard InChI is InChI=1S/C60H102O6/c1-4-7-10-13-16-19-22-25-28-29-30-31-33-35-38-41-44-47-50-53-59(62)65-56-57(55-64-58(61)52-49-46-43-40-37-34-27-24-21-18-15-12-9-6-3)66-60(63)54-51-48-45-42-39-36-32-26-23-20-17-14-11-8-5-2/h7,10,16-17,19-20,25-26,28,30-32,35,38,57H,4-6,8-9,11-15,18,21-24,27,29,33-34,36-37,39-56H2,1-3H3/b10-7-,19-16-,20-17-,28-25-,31-30-,32-26-,38-35-/t57-/m1/s1. The highest BCUT2D eigenvalue weighted by Gasteiger charge is 2.19. The van der Waals surface area contributed by atoms with Gasteiger partial charge in [0, 0.05) is 19.3 Å². The molecule has 0 saturated carbocycles. The van der Waals surface area contributed by atoms with Crippen LogP contribution in [0.1, 0.15) is 258 Å². The summed E-state index contributed by atoms with van der Waals surface area (Å²) < 4.78 is 16.8. The summed E-state index contributed by atoms with van der Waals surface area (Å²) in [5.74, 6) is -0.935. The fourth-order valence-corrected chi connectivity index (χ4v) is 7.50. The molecule has 66 heavy (non-hydrogen) atoms. The average molecular weight is 919 g/mol. The summed E-state index contributed by atoms with van der Waals surface area (Å²) in [6.45, 7) is 6.47. The van der Waals surface area contributed by atoms with Crippen molar-refractivity contribution in [1.29, 1.82) is 0 Å². The van der Waals surface area contributed by atoms with Crippen molar-refractivity contribution in [3.8, 4) is 0 Å². The maximum absolute atomic E-state index is 12.8. The van der Waals surface area contributed by atoms with E-state index in [1.165, 1.54) is 96.3 Å². The summed E-state index contributed by atoms with van der Waals surface area (Å²) in [7, 11) is 0. The Hall–Kier alpha value is -3.41. The van der Waals surface area contributed by atoms with E-state index >= 15 is 0 Å². The highest BCUT2D eigenvalue weighted by molar-refractivity contribution is 5.71. The lowest BCUT2D eigenvalue weighted by Gasteiger charge is -2.18. The van der Waals surface area contributed by atoms with Crippen LogP contribution >= 0.6 is 0 Å². The molecule has 0 aromatic heterocycles. The largest absolute Gasteiger partial charge is 0.462 e. The Morgan fingerprint density at radius 3 is 0.970 bits per heavy atom. The van der Waals surface area contributed by atoms with Crippen molar-refractivity contribution in [2.45, 2.75) is 264 Å². The minimum Gasteiger partial charge on any atom is -0.462 e. The van der Waals surface area contributed by atoms with Crippen LogP contribution in [0.4, 0.5) is 0 Å². The van der Waals surface area contributed by atoms with Crippen LogP contribution in [-0.4, -0.2) is 37.2 Å². The minimum atomic E-state index is -0.796. The molecule has 0 rings (SSSR count).